The first-order chi connectivity index (χ1) is 12.9. The van der Waals surface area contributed by atoms with Gasteiger partial charge in [0.15, 0.2) is 0 Å². The molecule has 1 aromatic carbocycles. The molecule has 1 unspecified atom stereocenters. The molecule has 1 atom stereocenters. The summed E-state index contributed by atoms with van der Waals surface area (Å²) in [6, 6.07) is 10.3. The Morgan fingerprint density at radius 2 is 1.93 bits per heavy atom. The van der Waals surface area contributed by atoms with Crippen LogP contribution in [0.25, 0.3) is 0 Å². The molecule has 0 aliphatic carbocycles. The van der Waals surface area contributed by atoms with E-state index < -0.39 is 5.97 Å². The van der Waals surface area contributed by atoms with E-state index in [-0.39, 0.29) is 30.0 Å². The molecule has 2 N–H and O–H groups in total. The number of piperidine rings is 1. The van der Waals surface area contributed by atoms with Crippen molar-refractivity contribution >= 4 is 17.8 Å². The van der Waals surface area contributed by atoms with Crippen LogP contribution in [0.15, 0.2) is 40.8 Å². The Morgan fingerprint density at radius 1 is 1.19 bits per heavy atom. The number of aryl methyl sites for hydroxylation is 1. The molecule has 7 heteroatoms. The van der Waals surface area contributed by atoms with Crippen LogP contribution >= 0.6 is 0 Å². The molecular formula is C20H22N2O5. The van der Waals surface area contributed by atoms with Gasteiger partial charge in [-0.2, -0.15) is 0 Å². The van der Waals surface area contributed by atoms with E-state index in [1.165, 1.54) is 12.1 Å². The highest BCUT2D eigenvalue weighted by Crippen LogP contribution is 2.19. The van der Waals surface area contributed by atoms with E-state index >= 15 is 0 Å². The van der Waals surface area contributed by atoms with Gasteiger partial charge >= 0.3 is 5.97 Å². The molecule has 2 heterocycles. The molecule has 1 aliphatic rings. The SMILES string of the molecule is Cc1ccc(C(=O)N2CCCC(C(=O)NCc3ccc(C(=O)O)o3)C2)cc1. The number of hydrogen-bond donors (Lipinski definition) is 2. The third-order valence-electron chi connectivity index (χ3n) is 4.69. The largest absolute Gasteiger partial charge is 0.475 e. The summed E-state index contributed by atoms with van der Waals surface area (Å²) in [5, 5.41) is 11.6. The van der Waals surface area contributed by atoms with Crippen molar-refractivity contribution in [3.05, 3.63) is 59.0 Å². The van der Waals surface area contributed by atoms with Crippen LogP contribution in [0.2, 0.25) is 0 Å². The zero-order valence-corrected chi connectivity index (χ0v) is 15.1. The molecule has 0 spiro atoms. The minimum atomic E-state index is -1.15. The standard InChI is InChI=1S/C20H22N2O5/c1-13-4-6-14(7-5-13)19(24)22-10-2-3-15(12-22)18(23)21-11-16-8-9-17(27-16)20(25)26/h4-9,15H,2-3,10-12H2,1H3,(H,21,23)(H,25,26). The predicted molar refractivity (Wildman–Crippen MR) is 97.3 cm³/mol. The molecule has 1 fully saturated rings. The summed E-state index contributed by atoms with van der Waals surface area (Å²) >= 11 is 0. The molecule has 1 aliphatic heterocycles. The first kappa shape index (κ1) is 18.7. The molecule has 2 amide bonds. The molecule has 1 aromatic heterocycles. The molecule has 0 saturated carbocycles. The molecule has 7 nitrogen and oxygen atoms in total. The van der Waals surface area contributed by atoms with E-state index in [2.05, 4.69) is 5.32 Å². The molecule has 2 aromatic rings. The number of nitrogens with zero attached hydrogens (tertiary/aromatic N) is 1. The minimum Gasteiger partial charge on any atom is -0.475 e. The number of likely N-dealkylation sites (tertiary alicyclic amines) is 1. The number of carbonyl (C=O) groups excluding carboxylic acids is 2. The minimum absolute atomic E-state index is 0.0652. The molecule has 0 radical (unpaired) electrons. The number of carboxylic acid groups (broad SMARTS) is 1. The number of carbonyl (C=O) groups is 3. The molecule has 3 rings (SSSR count). The summed E-state index contributed by atoms with van der Waals surface area (Å²) in [5.41, 5.74) is 1.71. The number of hydrogen-bond acceptors (Lipinski definition) is 4. The second kappa shape index (κ2) is 8.07. The van der Waals surface area contributed by atoms with E-state index in [1.807, 2.05) is 19.1 Å². The summed E-state index contributed by atoms with van der Waals surface area (Å²) in [7, 11) is 0. The van der Waals surface area contributed by atoms with Gasteiger partial charge in [-0.25, -0.2) is 4.79 Å². The number of rotatable bonds is 5. The average molecular weight is 370 g/mol. The van der Waals surface area contributed by atoms with E-state index in [0.717, 1.165) is 12.0 Å². The van der Waals surface area contributed by atoms with Crippen LogP contribution in [0.4, 0.5) is 0 Å². The molecule has 27 heavy (non-hydrogen) atoms. The van der Waals surface area contributed by atoms with Crippen LogP contribution in [0, 0.1) is 12.8 Å². The average Bonchev–Trinajstić information content (AvgIpc) is 3.16. The van der Waals surface area contributed by atoms with Crippen molar-refractivity contribution in [2.45, 2.75) is 26.3 Å². The maximum absolute atomic E-state index is 12.6. The summed E-state index contributed by atoms with van der Waals surface area (Å²) in [6.07, 6.45) is 1.47. The Hall–Kier alpha value is -3.09. The molecule has 142 valence electrons. The molecule has 1 saturated heterocycles. The van der Waals surface area contributed by atoms with Crippen molar-refractivity contribution < 1.29 is 23.9 Å². The van der Waals surface area contributed by atoms with Crippen molar-refractivity contribution in [2.24, 2.45) is 5.92 Å². The van der Waals surface area contributed by atoms with Crippen molar-refractivity contribution in [3.63, 3.8) is 0 Å². The van der Waals surface area contributed by atoms with Gasteiger partial charge in [-0.05, 0) is 44.0 Å². The van der Waals surface area contributed by atoms with Gasteiger partial charge in [0.2, 0.25) is 11.7 Å². The van der Waals surface area contributed by atoms with E-state index in [1.54, 1.807) is 17.0 Å². The zero-order valence-electron chi connectivity index (χ0n) is 15.1. The predicted octanol–water partition coefficient (Wildman–Crippen LogP) is 2.45. The molecule has 0 bridgehead atoms. The zero-order chi connectivity index (χ0) is 19.4. The molecular weight excluding hydrogens is 348 g/mol. The van der Waals surface area contributed by atoms with Crippen molar-refractivity contribution in [2.75, 3.05) is 13.1 Å². The number of amides is 2. The van der Waals surface area contributed by atoms with Gasteiger partial charge in [0, 0.05) is 18.7 Å². The maximum atomic E-state index is 12.6. The van der Waals surface area contributed by atoms with Crippen LogP contribution in [0.3, 0.4) is 0 Å². The second-order valence-corrected chi connectivity index (χ2v) is 6.75. The van der Waals surface area contributed by atoms with Crippen LogP contribution in [-0.4, -0.2) is 40.9 Å². The van der Waals surface area contributed by atoms with Gasteiger partial charge in [0.1, 0.15) is 5.76 Å². The van der Waals surface area contributed by atoms with E-state index in [4.69, 9.17) is 9.52 Å². The number of aromatic carboxylic acids is 1. The van der Waals surface area contributed by atoms with Crippen LogP contribution in [-0.2, 0) is 11.3 Å². The van der Waals surface area contributed by atoms with E-state index in [9.17, 15) is 14.4 Å². The third kappa shape index (κ3) is 4.55. The fraction of sp³-hybridized carbons (Fsp3) is 0.350. The summed E-state index contributed by atoms with van der Waals surface area (Å²) < 4.78 is 5.13. The van der Waals surface area contributed by atoms with Gasteiger partial charge in [-0.1, -0.05) is 17.7 Å². The monoisotopic (exact) mass is 370 g/mol. The van der Waals surface area contributed by atoms with Gasteiger partial charge < -0.3 is 19.7 Å². The number of carboxylic acids is 1. The number of benzene rings is 1. The Bertz CT molecular complexity index is 840. The fourth-order valence-corrected chi connectivity index (χ4v) is 3.16. The number of furan rings is 1. The maximum Gasteiger partial charge on any atom is 0.371 e. The Labute approximate surface area is 157 Å². The van der Waals surface area contributed by atoms with Crippen LogP contribution < -0.4 is 5.32 Å². The fourth-order valence-electron chi connectivity index (χ4n) is 3.16. The second-order valence-electron chi connectivity index (χ2n) is 6.75. The van der Waals surface area contributed by atoms with Gasteiger partial charge in [0.05, 0.1) is 12.5 Å². The van der Waals surface area contributed by atoms with Gasteiger partial charge in [-0.15, -0.1) is 0 Å². The normalized spacial score (nSPS) is 16.8. The summed E-state index contributed by atoms with van der Waals surface area (Å²) in [5.74, 6) is -1.45. The Morgan fingerprint density at radius 3 is 2.59 bits per heavy atom. The van der Waals surface area contributed by atoms with Crippen LogP contribution in [0.1, 0.15) is 45.1 Å². The van der Waals surface area contributed by atoms with Crippen LogP contribution in [0.5, 0.6) is 0 Å². The van der Waals surface area contributed by atoms with Gasteiger partial charge in [-0.3, -0.25) is 9.59 Å². The Balaban J connectivity index is 1.56. The highest BCUT2D eigenvalue weighted by atomic mass is 16.4. The smallest absolute Gasteiger partial charge is 0.371 e. The third-order valence-corrected chi connectivity index (χ3v) is 4.69. The lowest BCUT2D eigenvalue weighted by Gasteiger charge is -2.32. The van der Waals surface area contributed by atoms with Crippen molar-refractivity contribution in [3.8, 4) is 0 Å². The lowest BCUT2D eigenvalue weighted by molar-refractivity contribution is -0.126. The van der Waals surface area contributed by atoms with Gasteiger partial charge in [0.25, 0.3) is 5.91 Å². The summed E-state index contributed by atoms with van der Waals surface area (Å²) in [4.78, 5) is 37.6. The quantitative estimate of drug-likeness (QED) is 0.842. The lowest BCUT2D eigenvalue weighted by atomic mass is 9.96. The first-order valence-corrected chi connectivity index (χ1v) is 8.89. The Kier molecular flexibility index (Phi) is 5.59. The summed E-state index contributed by atoms with van der Waals surface area (Å²) in [6.45, 7) is 3.09. The first-order valence-electron chi connectivity index (χ1n) is 8.89. The van der Waals surface area contributed by atoms with Crippen molar-refractivity contribution in [1.29, 1.82) is 0 Å². The highest BCUT2D eigenvalue weighted by Gasteiger charge is 2.29. The highest BCUT2D eigenvalue weighted by molar-refractivity contribution is 5.94. The van der Waals surface area contributed by atoms with E-state index in [0.29, 0.717) is 30.8 Å². The van der Waals surface area contributed by atoms with Crippen molar-refractivity contribution in [1.82, 2.24) is 10.2 Å². The number of nitrogens with one attached hydrogen (secondary N) is 1. The topological polar surface area (TPSA) is 99.9 Å². The lowest BCUT2D eigenvalue weighted by Crippen LogP contribution is -2.45.